The fourth-order valence-electron chi connectivity index (χ4n) is 2.99. The zero-order chi connectivity index (χ0) is 19.0. The van der Waals surface area contributed by atoms with E-state index < -0.39 is 0 Å². The number of aromatic hydroxyl groups is 1. The van der Waals surface area contributed by atoms with Gasteiger partial charge in [0.2, 0.25) is 0 Å². The highest BCUT2D eigenvalue weighted by molar-refractivity contribution is 6.31. The summed E-state index contributed by atoms with van der Waals surface area (Å²) in [6.07, 6.45) is 0. The highest BCUT2D eigenvalue weighted by Gasteiger charge is 2.16. The molecule has 1 aromatic heterocycles. The first-order valence-electron chi connectivity index (χ1n) is 8.47. The lowest BCUT2D eigenvalue weighted by Gasteiger charge is -2.18. The third kappa shape index (κ3) is 3.45. The van der Waals surface area contributed by atoms with Crippen LogP contribution in [0.3, 0.4) is 0 Å². The van der Waals surface area contributed by atoms with Crippen molar-refractivity contribution in [2.24, 2.45) is 0 Å². The second-order valence-corrected chi connectivity index (χ2v) is 7.39. The van der Waals surface area contributed by atoms with E-state index in [1.54, 1.807) is 10.6 Å². The number of hydrogen-bond acceptors (Lipinski definition) is 4. The molecule has 0 fully saturated rings. The molecule has 3 rings (SSSR count). The van der Waals surface area contributed by atoms with Crippen molar-refractivity contribution in [3.63, 3.8) is 0 Å². The first-order valence-corrected chi connectivity index (χ1v) is 8.85. The summed E-state index contributed by atoms with van der Waals surface area (Å²) < 4.78 is 1.64. The topological polar surface area (TPSA) is 58.4 Å². The predicted molar refractivity (Wildman–Crippen MR) is 105 cm³/mol. The van der Waals surface area contributed by atoms with E-state index >= 15 is 0 Å². The molecule has 0 saturated carbocycles. The standard InChI is InChI=1S/C20H22ClN3O2/c1-12(2)19-22-18-10-15(25)6-7-16(18)20(26)24(19)14-5-8-17(21)13(9-14)11-23(3)4/h5-10,12,25H,11H2,1-4H3. The van der Waals surface area contributed by atoms with Crippen LogP contribution in [0.4, 0.5) is 0 Å². The van der Waals surface area contributed by atoms with Crippen LogP contribution in [-0.2, 0) is 6.54 Å². The summed E-state index contributed by atoms with van der Waals surface area (Å²) in [6, 6.07) is 10.2. The normalized spacial score (nSPS) is 11.7. The lowest BCUT2D eigenvalue weighted by molar-refractivity contribution is 0.402. The van der Waals surface area contributed by atoms with Gasteiger partial charge in [-0.15, -0.1) is 0 Å². The lowest BCUT2D eigenvalue weighted by atomic mass is 10.1. The van der Waals surface area contributed by atoms with Crippen LogP contribution in [0.1, 0.15) is 31.2 Å². The minimum absolute atomic E-state index is 0.0300. The summed E-state index contributed by atoms with van der Waals surface area (Å²) >= 11 is 6.32. The van der Waals surface area contributed by atoms with Gasteiger partial charge in [-0.1, -0.05) is 25.4 Å². The molecule has 0 atom stereocenters. The fourth-order valence-corrected chi connectivity index (χ4v) is 3.17. The van der Waals surface area contributed by atoms with Gasteiger partial charge in [-0.2, -0.15) is 0 Å². The van der Waals surface area contributed by atoms with Crippen LogP contribution >= 0.6 is 11.6 Å². The van der Waals surface area contributed by atoms with Crippen molar-refractivity contribution < 1.29 is 5.11 Å². The van der Waals surface area contributed by atoms with Crippen LogP contribution in [0.2, 0.25) is 5.02 Å². The Hall–Kier alpha value is -2.37. The number of benzene rings is 2. The molecule has 0 spiro atoms. The monoisotopic (exact) mass is 371 g/mol. The number of halogens is 1. The number of rotatable bonds is 4. The van der Waals surface area contributed by atoms with E-state index in [1.165, 1.54) is 12.1 Å². The van der Waals surface area contributed by atoms with Crippen molar-refractivity contribution in [2.45, 2.75) is 26.3 Å². The average Bonchev–Trinajstić information content (AvgIpc) is 2.56. The largest absolute Gasteiger partial charge is 0.508 e. The molecular weight excluding hydrogens is 350 g/mol. The van der Waals surface area contributed by atoms with Crippen LogP contribution in [0, 0.1) is 0 Å². The Kier molecular flexibility index (Phi) is 5.03. The molecule has 1 heterocycles. The minimum atomic E-state index is -0.156. The second kappa shape index (κ2) is 7.09. The molecule has 26 heavy (non-hydrogen) atoms. The molecule has 0 radical (unpaired) electrons. The smallest absolute Gasteiger partial charge is 0.265 e. The molecule has 0 amide bonds. The van der Waals surface area contributed by atoms with Crippen LogP contribution in [-0.4, -0.2) is 33.7 Å². The highest BCUT2D eigenvalue weighted by atomic mass is 35.5. The first-order chi connectivity index (χ1) is 12.3. The Morgan fingerprint density at radius 1 is 1.19 bits per heavy atom. The van der Waals surface area contributed by atoms with Crippen molar-refractivity contribution >= 4 is 22.5 Å². The Morgan fingerprint density at radius 3 is 2.58 bits per heavy atom. The first kappa shape index (κ1) is 18.4. The zero-order valence-corrected chi connectivity index (χ0v) is 16.1. The van der Waals surface area contributed by atoms with Crippen molar-refractivity contribution in [3.05, 3.63) is 63.2 Å². The fraction of sp³-hybridized carbons (Fsp3) is 0.300. The van der Waals surface area contributed by atoms with Crippen molar-refractivity contribution in [2.75, 3.05) is 14.1 Å². The molecule has 0 aliphatic carbocycles. The van der Waals surface area contributed by atoms with Gasteiger partial charge in [0.25, 0.3) is 5.56 Å². The number of hydrogen-bond donors (Lipinski definition) is 1. The van der Waals surface area contributed by atoms with Crippen LogP contribution in [0.15, 0.2) is 41.2 Å². The molecule has 136 valence electrons. The van der Waals surface area contributed by atoms with Gasteiger partial charge in [-0.25, -0.2) is 4.98 Å². The van der Waals surface area contributed by atoms with Crippen molar-refractivity contribution in [1.29, 1.82) is 0 Å². The van der Waals surface area contributed by atoms with E-state index in [0.717, 1.165) is 11.3 Å². The SMILES string of the molecule is CC(C)c1nc2cc(O)ccc2c(=O)n1-c1ccc(Cl)c(CN(C)C)c1. The Labute approximate surface area is 157 Å². The molecule has 6 heteroatoms. The van der Waals surface area contributed by atoms with Crippen LogP contribution in [0.5, 0.6) is 5.75 Å². The summed E-state index contributed by atoms with van der Waals surface area (Å²) in [7, 11) is 3.94. The molecule has 0 aliphatic rings. The zero-order valence-electron chi connectivity index (χ0n) is 15.3. The van der Waals surface area contributed by atoms with E-state index in [-0.39, 0.29) is 17.2 Å². The molecule has 2 aromatic carbocycles. The molecule has 0 saturated heterocycles. The number of aromatic nitrogens is 2. The maximum Gasteiger partial charge on any atom is 0.265 e. The molecule has 1 N–H and O–H groups in total. The van der Waals surface area contributed by atoms with E-state index in [9.17, 15) is 9.90 Å². The summed E-state index contributed by atoms with van der Waals surface area (Å²) in [4.78, 5) is 19.9. The Morgan fingerprint density at radius 2 is 1.92 bits per heavy atom. The molecule has 0 unspecified atom stereocenters. The van der Waals surface area contributed by atoms with Crippen LogP contribution < -0.4 is 5.56 Å². The van der Waals surface area contributed by atoms with Gasteiger partial charge in [0.15, 0.2) is 0 Å². The highest BCUT2D eigenvalue weighted by Crippen LogP contribution is 2.25. The number of fused-ring (bicyclic) bond motifs is 1. The van der Waals surface area contributed by atoms with Gasteiger partial charge in [-0.3, -0.25) is 9.36 Å². The van der Waals surface area contributed by atoms with E-state index in [4.69, 9.17) is 11.6 Å². The molecule has 3 aromatic rings. The van der Waals surface area contributed by atoms with E-state index in [1.807, 2.05) is 51.0 Å². The van der Waals surface area contributed by atoms with Crippen molar-refractivity contribution in [1.82, 2.24) is 14.5 Å². The lowest BCUT2D eigenvalue weighted by Crippen LogP contribution is -2.25. The molecule has 0 aliphatic heterocycles. The summed E-state index contributed by atoms with van der Waals surface area (Å²) in [5.41, 5.74) is 2.03. The van der Waals surface area contributed by atoms with Crippen LogP contribution in [0.25, 0.3) is 16.6 Å². The maximum atomic E-state index is 13.2. The quantitative estimate of drug-likeness (QED) is 0.754. The maximum absolute atomic E-state index is 13.2. The number of phenolic OH excluding ortho intramolecular Hbond substituents is 1. The number of nitrogens with zero attached hydrogens (tertiary/aromatic N) is 3. The molecule has 0 bridgehead atoms. The van der Waals surface area contributed by atoms with Crippen molar-refractivity contribution in [3.8, 4) is 11.4 Å². The van der Waals surface area contributed by atoms with Gasteiger partial charge in [-0.05, 0) is 50.0 Å². The minimum Gasteiger partial charge on any atom is -0.508 e. The Balaban J connectivity index is 2.30. The molecule has 5 nitrogen and oxygen atoms in total. The van der Waals surface area contributed by atoms with E-state index in [0.29, 0.717) is 28.3 Å². The average molecular weight is 372 g/mol. The van der Waals surface area contributed by atoms with Gasteiger partial charge in [0, 0.05) is 23.6 Å². The van der Waals surface area contributed by atoms with Gasteiger partial charge < -0.3 is 10.0 Å². The summed E-state index contributed by atoms with van der Waals surface area (Å²) in [6.45, 7) is 4.65. The Bertz CT molecular complexity index is 1030. The third-order valence-corrected chi connectivity index (χ3v) is 4.54. The van der Waals surface area contributed by atoms with Gasteiger partial charge in [0.1, 0.15) is 11.6 Å². The van der Waals surface area contributed by atoms with Gasteiger partial charge >= 0.3 is 0 Å². The number of phenols is 1. The summed E-state index contributed by atoms with van der Waals surface area (Å²) in [5, 5.41) is 10.9. The third-order valence-electron chi connectivity index (χ3n) is 4.17. The predicted octanol–water partition coefficient (Wildman–Crippen LogP) is 3.93. The van der Waals surface area contributed by atoms with E-state index in [2.05, 4.69) is 4.98 Å². The summed E-state index contributed by atoms with van der Waals surface area (Å²) in [5.74, 6) is 0.769. The van der Waals surface area contributed by atoms with Gasteiger partial charge in [0.05, 0.1) is 16.6 Å². The molecular formula is C20H22ClN3O2. The second-order valence-electron chi connectivity index (χ2n) is 6.98.